The second-order valence-electron chi connectivity index (χ2n) is 3.33. The minimum absolute atomic E-state index is 1.28. The summed E-state index contributed by atoms with van der Waals surface area (Å²) < 4.78 is 40.3. The van der Waals surface area contributed by atoms with E-state index in [2.05, 4.69) is 27.7 Å². The number of nitrogens with zero attached hydrogens (tertiary/aromatic N) is 2. The van der Waals surface area contributed by atoms with E-state index in [0.717, 1.165) is 0 Å². The average Bonchev–Trinajstić information content (AvgIpc) is 2.21. The summed E-state index contributed by atoms with van der Waals surface area (Å²) in [7, 11) is -6.00. The van der Waals surface area contributed by atoms with E-state index in [1.807, 2.05) is 0 Å². The Kier molecular flexibility index (Phi) is 14.8. The highest BCUT2D eigenvalue weighted by Crippen LogP contribution is 2.06. The summed E-state index contributed by atoms with van der Waals surface area (Å²) in [4.78, 5) is 0. The molecule has 0 N–H and O–H groups in total. The number of halogens is 4. The monoisotopic (exact) mass is 258 g/mol. The second kappa shape index (κ2) is 11.7. The lowest BCUT2D eigenvalue weighted by Gasteiger charge is -2.34. The number of rotatable bonds is 4. The molecule has 0 atom stereocenters. The second-order valence-corrected chi connectivity index (χ2v) is 3.33. The van der Waals surface area contributed by atoms with Crippen molar-refractivity contribution in [3.05, 3.63) is 0 Å². The standard InChI is InChI=1S/C8H20N.C2H3N.BF4/c1-5-9(6-2,7-3)8-4;1-2-3;2-1(3,4)5/h5-8H2,1-4H3;1H3;/q+1;;-1. The average molecular weight is 258 g/mol. The molecule has 0 aromatic rings. The summed E-state index contributed by atoms with van der Waals surface area (Å²) in [6, 6.07) is 1.75. The molecule has 0 aliphatic carbocycles. The van der Waals surface area contributed by atoms with E-state index >= 15 is 0 Å². The maximum atomic E-state index is 9.75. The Morgan fingerprint density at radius 2 is 1.00 bits per heavy atom. The largest absolute Gasteiger partial charge is 0.673 e. The molecule has 0 saturated carbocycles. The van der Waals surface area contributed by atoms with Gasteiger partial charge in [-0.2, -0.15) is 5.26 Å². The van der Waals surface area contributed by atoms with Crippen LogP contribution in [0.15, 0.2) is 0 Å². The lowest BCUT2D eigenvalue weighted by molar-refractivity contribution is -0.921. The van der Waals surface area contributed by atoms with Gasteiger partial charge in [-0.25, -0.2) is 0 Å². The number of hydrogen-bond donors (Lipinski definition) is 0. The van der Waals surface area contributed by atoms with Crippen LogP contribution < -0.4 is 0 Å². The lowest BCUT2D eigenvalue weighted by atomic mass is 10.3. The molecule has 0 spiro atoms. The minimum Gasteiger partial charge on any atom is -0.418 e. The third-order valence-electron chi connectivity index (χ3n) is 2.68. The molecule has 2 nitrogen and oxygen atoms in total. The molecule has 0 aromatic heterocycles. The van der Waals surface area contributed by atoms with Gasteiger partial charge >= 0.3 is 7.25 Å². The van der Waals surface area contributed by atoms with Gasteiger partial charge < -0.3 is 21.7 Å². The summed E-state index contributed by atoms with van der Waals surface area (Å²) in [6.07, 6.45) is 0. The van der Waals surface area contributed by atoms with Crippen LogP contribution in [0.3, 0.4) is 0 Å². The van der Waals surface area contributed by atoms with E-state index in [9.17, 15) is 17.3 Å². The van der Waals surface area contributed by atoms with Crippen molar-refractivity contribution in [2.75, 3.05) is 26.2 Å². The van der Waals surface area contributed by atoms with Gasteiger partial charge in [-0.05, 0) is 27.7 Å². The molecule has 0 saturated heterocycles. The highest BCUT2D eigenvalue weighted by molar-refractivity contribution is 6.50. The third-order valence-corrected chi connectivity index (χ3v) is 2.68. The van der Waals surface area contributed by atoms with E-state index in [1.165, 1.54) is 37.6 Å². The molecule has 17 heavy (non-hydrogen) atoms. The predicted octanol–water partition coefficient (Wildman–Crippen LogP) is 3.71. The summed E-state index contributed by atoms with van der Waals surface area (Å²) in [6.45, 7) is 15.7. The Balaban J connectivity index is -0.000000207. The molecule has 0 aromatic carbocycles. The Hall–Kier alpha value is -0.765. The van der Waals surface area contributed by atoms with Gasteiger partial charge in [0.1, 0.15) is 0 Å². The summed E-state index contributed by atoms with van der Waals surface area (Å²) in [5, 5.41) is 7.32. The first kappa shape index (κ1) is 21.5. The fourth-order valence-corrected chi connectivity index (χ4v) is 1.34. The summed E-state index contributed by atoms with van der Waals surface area (Å²) in [5.41, 5.74) is 0. The predicted molar refractivity (Wildman–Crippen MR) is 63.9 cm³/mol. The molecule has 0 radical (unpaired) electrons. The molecule has 0 heterocycles. The Labute approximate surface area is 102 Å². The van der Waals surface area contributed by atoms with Crippen LogP contribution >= 0.6 is 0 Å². The van der Waals surface area contributed by atoms with Crippen molar-refractivity contribution in [1.29, 1.82) is 5.26 Å². The maximum Gasteiger partial charge on any atom is 0.673 e. The molecule has 0 rings (SSSR count). The fraction of sp³-hybridized carbons (Fsp3) is 0.900. The quantitative estimate of drug-likeness (QED) is 0.428. The third kappa shape index (κ3) is 21.1. The van der Waals surface area contributed by atoms with Crippen LogP contribution in [-0.2, 0) is 0 Å². The summed E-state index contributed by atoms with van der Waals surface area (Å²) in [5.74, 6) is 0. The van der Waals surface area contributed by atoms with E-state index in [-0.39, 0.29) is 0 Å². The molecule has 0 aliphatic rings. The van der Waals surface area contributed by atoms with E-state index in [0.29, 0.717) is 0 Å². The number of nitriles is 1. The highest BCUT2D eigenvalue weighted by Gasteiger charge is 2.20. The molecule has 7 heteroatoms. The van der Waals surface area contributed by atoms with Gasteiger partial charge in [0.2, 0.25) is 0 Å². The van der Waals surface area contributed by atoms with Crippen LogP contribution in [0.5, 0.6) is 0 Å². The first-order valence-electron chi connectivity index (χ1n) is 5.69. The van der Waals surface area contributed by atoms with Gasteiger partial charge in [0, 0.05) is 6.92 Å². The van der Waals surface area contributed by atoms with Crippen molar-refractivity contribution >= 4 is 7.25 Å². The number of hydrogen-bond acceptors (Lipinski definition) is 1. The van der Waals surface area contributed by atoms with Crippen LogP contribution in [-0.4, -0.2) is 37.9 Å². The molecular weight excluding hydrogens is 235 g/mol. The van der Waals surface area contributed by atoms with Gasteiger partial charge in [-0.15, -0.1) is 0 Å². The first-order valence-corrected chi connectivity index (χ1v) is 5.69. The smallest absolute Gasteiger partial charge is 0.418 e. The van der Waals surface area contributed by atoms with Crippen molar-refractivity contribution in [1.82, 2.24) is 0 Å². The molecule has 0 fully saturated rings. The fourth-order valence-electron chi connectivity index (χ4n) is 1.34. The van der Waals surface area contributed by atoms with Crippen LogP contribution in [0, 0.1) is 11.3 Å². The van der Waals surface area contributed by atoms with Gasteiger partial charge in [0.15, 0.2) is 0 Å². The molecular formula is C10H23BF4N2. The highest BCUT2D eigenvalue weighted by atomic mass is 19.5. The van der Waals surface area contributed by atoms with Crippen LogP contribution in [0.2, 0.25) is 0 Å². The van der Waals surface area contributed by atoms with Gasteiger partial charge in [0.05, 0.1) is 32.2 Å². The zero-order chi connectivity index (χ0) is 14.5. The molecule has 0 unspecified atom stereocenters. The van der Waals surface area contributed by atoms with Crippen molar-refractivity contribution < 1.29 is 21.7 Å². The normalized spacial score (nSPS) is 10.4. The first-order chi connectivity index (χ1) is 7.66. The topological polar surface area (TPSA) is 23.8 Å². The molecule has 0 amide bonds. The van der Waals surface area contributed by atoms with E-state index < -0.39 is 7.25 Å². The van der Waals surface area contributed by atoms with Crippen molar-refractivity contribution in [2.24, 2.45) is 0 Å². The van der Waals surface area contributed by atoms with E-state index in [4.69, 9.17) is 5.26 Å². The zero-order valence-electron chi connectivity index (χ0n) is 11.3. The van der Waals surface area contributed by atoms with Gasteiger partial charge in [0.25, 0.3) is 0 Å². The Morgan fingerprint density at radius 1 is 0.882 bits per heavy atom. The Morgan fingerprint density at radius 3 is 1.00 bits per heavy atom. The summed E-state index contributed by atoms with van der Waals surface area (Å²) >= 11 is 0. The van der Waals surface area contributed by atoms with Crippen LogP contribution in [0.25, 0.3) is 0 Å². The van der Waals surface area contributed by atoms with Gasteiger partial charge in [-0.3, -0.25) is 0 Å². The lowest BCUT2D eigenvalue weighted by Crippen LogP contribution is -2.47. The molecule has 0 bridgehead atoms. The van der Waals surface area contributed by atoms with Crippen LogP contribution in [0.1, 0.15) is 34.6 Å². The minimum atomic E-state index is -6.00. The number of quaternary nitrogens is 1. The SMILES string of the molecule is CC#N.CC[N+](CC)(CC)CC.F[B-](F)(F)F. The zero-order valence-corrected chi connectivity index (χ0v) is 11.3. The van der Waals surface area contributed by atoms with Gasteiger partial charge in [-0.1, -0.05) is 0 Å². The van der Waals surface area contributed by atoms with Crippen molar-refractivity contribution in [3.8, 4) is 6.07 Å². The maximum absolute atomic E-state index is 9.75. The Bertz CT molecular complexity index is 174. The van der Waals surface area contributed by atoms with E-state index in [1.54, 1.807) is 6.07 Å². The van der Waals surface area contributed by atoms with Crippen molar-refractivity contribution in [2.45, 2.75) is 34.6 Å². The van der Waals surface area contributed by atoms with Crippen LogP contribution in [0.4, 0.5) is 17.3 Å². The molecule has 0 aliphatic heterocycles. The van der Waals surface area contributed by atoms with Crippen molar-refractivity contribution in [3.63, 3.8) is 0 Å². The molecule has 104 valence electrons.